The zero-order valence-electron chi connectivity index (χ0n) is 13.6. The number of sulfonamides is 1. The summed E-state index contributed by atoms with van der Waals surface area (Å²) < 4.78 is 24.7. The average Bonchev–Trinajstić information content (AvgIpc) is 3.02. The zero-order chi connectivity index (χ0) is 18.7. The molecule has 1 heterocycles. The monoisotopic (exact) mass is 391 g/mol. The average molecular weight is 392 g/mol. The summed E-state index contributed by atoms with van der Waals surface area (Å²) in [7, 11) is -3.36. The van der Waals surface area contributed by atoms with E-state index in [2.05, 4.69) is 20.1 Å². The maximum absolute atomic E-state index is 12.3. The molecule has 0 aliphatic carbocycles. The Morgan fingerprint density at radius 3 is 2.50 bits per heavy atom. The molecule has 10 heteroatoms. The maximum atomic E-state index is 12.3. The SMILES string of the molecule is CS(=O)(=O)Nc1ccc(C(=O)Cn2nnc(-c3ccccc3Cl)n2)cc1. The quantitative estimate of drug-likeness (QED) is 0.646. The Bertz CT molecular complexity index is 1050. The third-order valence-electron chi connectivity index (χ3n) is 3.36. The van der Waals surface area contributed by atoms with Gasteiger partial charge in [-0.05, 0) is 41.6 Å². The Labute approximate surface area is 154 Å². The summed E-state index contributed by atoms with van der Waals surface area (Å²) in [5.74, 6) is 0.0927. The van der Waals surface area contributed by atoms with Gasteiger partial charge >= 0.3 is 0 Å². The Kier molecular flexibility index (Phi) is 5.01. The van der Waals surface area contributed by atoms with Gasteiger partial charge in [0.15, 0.2) is 5.78 Å². The summed E-state index contributed by atoms with van der Waals surface area (Å²) in [4.78, 5) is 13.5. The third-order valence-corrected chi connectivity index (χ3v) is 4.30. The van der Waals surface area contributed by atoms with Gasteiger partial charge < -0.3 is 0 Å². The van der Waals surface area contributed by atoms with E-state index in [4.69, 9.17) is 11.6 Å². The van der Waals surface area contributed by atoms with Crippen LogP contribution in [0, 0.1) is 0 Å². The highest BCUT2D eigenvalue weighted by atomic mass is 35.5. The summed E-state index contributed by atoms with van der Waals surface area (Å²) in [6, 6.07) is 13.2. The number of rotatable bonds is 6. The molecule has 0 radical (unpaired) electrons. The van der Waals surface area contributed by atoms with Gasteiger partial charge in [0.1, 0.15) is 6.54 Å². The van der Waals surface area contributed by atoms with Gasteiger partial charge in [0.2, 0.25) is 15.8 Å². The lowest BCUT2D eigenvalue weighted by atomic mass is 10.1. The molecule has 1 N–H and O–H groups in total. The van der Waals surface area contributed by atoms with Gasteiger partial charge in [-0.25, -0.2) is 8.42 Å². The highest BCUT2D eigenvalue weighted by Gasteiger charge is 2.13. The van der Waals surface area contributed by atoms with Crippen molar-refractivity contribution in [3.05, 3.63) is 59.1 Å². The summed E-state index contributed by atoms with van der Waals surface area (Å²) >= 11 is 6.10. The van der Waals surface area contributed by atoms with Crippen LogP contribution in [0.5, 0.6) is 0 Å². The number of ketones is 1. The summed E-state index contributed by atoms with van der Waals surface area (Å²) in [5, 5.41) is 12.4. The molecule has 2 aromatic carbocycles. The van der Waals surface area contributed by atoms with Crippen molar-refractivity contribution in [3.8, 4) is 11.4 Å². The minimum atomic E-state index is -3.36. The number of nitrogens with one attached hydrogen (secondary N) is 1. The lowest BCUT2D eigenvalue weighted by molar-refractivity contribution is 0.0961. The van der Waals surface area contributed by atoms with E-state index in [1.54, 1.807) is 24.3 Å². The predicted octanol–water partition coefficient (Wildman–Crippen LogP) is 2.25. The molecule has 0 aliphatic heterocycles. The first-order valence-electron chi connectivity index (χ1n) is 7.45. The first-order valence-corrected chi connectivity index (χ1v) is 9.72. The molecule has 26 heavy (non-hydrogen) atoms. The predicted molar refractivity (Wildman–Crippen MR) is 97.5 cm³/mol. The summed E-state index contributed by atoms with van der Waals surface area (Å²) in [6.07, 6.45) is 1.05. The second kappa shape index (κ2) is 7.22. The Morgan fingerprint density at radius 2 is 1.85 bits per heavy atom. The number of halogens is 1. The van der Waals surface area contributed by atoms with Crippen LogP contribution in [0.1, 0.15) is 10.4 Å². The van der Waals surface area contributed by atoms with Gasteiger partial charge in [0.25, 0.3) is 0 Å². The van der Waals surface area contributed by atoms with Crippen LogP contribution in [0.3, 0.4) is 0 Å². The molecule has 134 valence electrons. The van der Waals surface area contributed by atoms with Crippen molar-refractivity contribution in [3.63, 3.8) is 0 Å². The number of carbonyl (C=O) groups is 1. The van der Waals surface area contributed by atoms with E-state index in [1.807, 2.05) is 0 Å². The van der Waals surface area contributed by atoms with Crippen LogP contribution in [0.4, 0.5) is 5.69 Å². The van der Waals surface area contributed by atoms with Gasteiger partial charge in [-0.15, -0.1) is 10.2 Å². The molecule has 0 bridgehead atoms. The number of hydrogen-bond donors (Lipinski definition) is 1. The maximum Gasteiger partial charge on any atom is 0.229 e. The standard InChI is InChI=1S/C16H14ClN5O3S/c1-26(24,25)20-12-8-6-11(7-9-12)15(23)10-22-19-16(18-21-22)13-4-2-3-5-14(13)17/h2-9,20H,10H2,1H3. The van der Waals surface area contributed by atoms with E-state index in [0.717, 1.165) is 6.26 Å². The van der Waals surface area contributed by atoms with Crippen molar-refractivity contribution in [2.24, 2.45) is 0 Å². The van der Waals surface area contributed by atoms with Gasteiger partial charge in [0.05, 0.1) is 11.3 Å². The molecule has 0 saturated carbocycles. The molecule has 0 aliphatic rings. The van der Waals surface area contributed by atoms with Crippen LogP contribution in [-0.4, -0.2) is 40.7 Å². The molecule has 0 fully saturated rings. The summed E-state index contributed by atoms with van der Waals surface area (Å²) in [6.45, 7) is -0.101. The van der Waals surface area contributed by atoms with E-state index in [-0.39, 0.29) is 12.3 Å². The molecule has 0 unspecified atom stereocenters. The first kappa shape index (κ1) is 18.0. The van der Waals surface area contributed by atoms with Crippen LogP contribution in [0.2, 0.25) is 5.02 Å². The second-order valence-electron chi connectivity index (χ2n) is 5.50. The van der Waals surface area contributed by atoms with Crippen LogP contribution >= 0.6 is 11.6 Å². The number of nitrogens with zero attached hydrogens (tertiary/aromatic N) is 4. The minimum Gasteiger partial charge on any atom is -0.292 e. The van der Waals surface area contributed by atoms with E-state index in [0.29, 0.717) is 27.7 Å². The first-order chi connectivity index (χ1) is 12.3. The fraction of sp³-hybridized carbons (Fsp3) is 0.125. The number of anilines is 1. The smallest absolute Gasteiger partial charge is 0.229 e. The van der Waals surface area contributed by atoms with Crippen LogP contribution in [-0.2, 0) is 16.6 Å². The fourth-order valence-corrected chi connectivity index (χ4v) is 3.00. The third kappa shape index (κ3) is 4.44. The van der Waals surface area contributed by atoms with E-state index in [1.165, 1.54) is 29.1 Å². The van der Waals surface area contributed by atoms with Crippen LogP contribution in [0.25, 0.3) is 11.4 Å². The van der Waals surface area contributed by atoms with E-state index in [9.17, 15) is 13.2 Å². The lowest BCUT2D eigenvalue weighted by Gasteiger charge is -2.05. The molecular weight excluding hydrogens is 378 g/mol. The number of Topliss-reactive ketones (excluding diaryl/α,β-unsaturated/α-hetero) is 1. The molecule has 0 atom stereocenters. The molecule has 1 aromatic heterocycles. The van der Waals surface area contributed by atoms with Crippen molar-refractivity contribution in [1.29, 1.82) is 0 Å². The minimum absolute atomic E-state index is 0.101. The van der Waals surface area contributed by atoms with E-state index < -0.39 is 10.0 Å². The van der Waals surface area contributed by atoms with E-state index >= 15 is 0 Å². The molecule has 8 nitrogen and oxygen atoms in total. The molecule has 3 aromatic rings. The number of aromatic nitrogens is 4. The van der Waals surface area contributed by atoms with Gasteiger partial charge in [0, 0.05) is 16.8 Å². The highest BCUT2D eigenvalue weighted by Crippen LogP contribution is 2.23. The molecular formula is C16H14ClN5O3S. The van der Waals surface area contributed by atoms with Crippen molar-refractivity contribution >= 4 is 33.1 Å². The molecule has 3 rings (SSSR count). The van der Waals surface area contributed by atoms with Crippen molar-refractivity contribution in [2.75, 3.05) is 11.0 Å². The summed E-state index contributed by atoms with van der Waals surface area (Å²) in [5.41, 5.74) is 1.41. The lowest BCUT2D eigenvalue weighted by Crippen LogP contribution is -2.14. The number of benzene rings is 2. The van der Waals surface area contributed by atoms with Crippen LogP contribution < -0.4 is 4.72 Å². The van der Waals surface area contributed by atoms with Crippen LogP contribution in [0.15, 0.2) is 48.5 Å². The van der Waals surface area contributed by atoms with Crippen molar-refractivity contribution < 1.29 is 13.2 Å². The van der Waals surface area contributed by atoms with Gasteiger partial charge in [-0.2, -0.15) is 4.80 Å². The van der Waals surface area contributed by atoms with Crippen molar-refractivity contribution in [2.45, 2.75) is 6.54 Å². The largest absolute Gasteiger partial charge is 0.292 e. The van der Waals surface area contributed by atoms with Gasteiger partial charge in [-0.3, -0.25) is 9.52 Å². The normalized spacial score (nSPS) is 11.3. The highest BCUT2D eigenvalue weighted by molar-refractivity contribution is 7.92. The molecule has 0 amide bonds. The molecule has 0 spiro atoms. The number of hydrogen-bond acceptors (Lipinski definition) is 6. The Hall–Kier alpha value is -2.78. The van der Waals surface area contributed by atoms with Gasteiger partial charge in [-0.1, -0.05) is 23.7 Å². The fourth-order valence-electron chi connectivity index (χ4n) is 2.22. The topological polar surface area (TPSA) is 107 Å². The number of carbonyl (C=O) groups excluding carboxylic acids is 1. The number of tetrazole rings is 1. The second-order valence-corrected chi connectivity index (χ2v) is 7.65. The molecule has 0 saturated heterocycles. The Morgan fingerprint density at radius 1 is 1.15 bits per heavy atom. The van der Waals surface area contributed by atoms with Crippen molar-refractivity contribution in [1.82, 2.24) is 20.2 Å². The zero-order valence-corrected chi connectivity index (χ0v) is 15.2. The Balaban J connectivity index is 1.72.